The van der Waals surface area contributed by atoms with Crippen LogP contribution in [0.4, 0.5) is 0 Å². The van der Waals surface area contributed by atoms with Crippen molar-refractivity contribution < 1.29 is 9.31 Å². The Kier molecular flexibility index (Phi) is 5.47. The molecule has 3 nitrogen and oxygen atoms in total. The van der Waals surface area contributed by atoms with Gasteiger partial charge in [0.15, 0.2) is 0 Å². The highest BCUT2D eigenvalue weighted by Crippen LogP contribution is 2.66. The van der Waals surface area contributed by atoms with Crippen LogP contribution in [0.2, 0.25) is 39.3 Å². The van der Waals surface area contributed by atoms with Gasteiger partial charge in [0.1, 0.15) is 16.5 Å². The molecule has 3 aliphatic carbocycles. The zero-order valence-corrected chi connectivity index (χ0v) is 21.8. The summed E-state index contributed by atoms with van der Waals surface area (Å²) in [5, 5.41) is 0. The maximum Gasteiger partial charge on any atom is 0.474 e. The molecule has 0 spiro atoms. The third kappa shape index (κ3) is 3.67. The number of rotatable bonds is 6. The van der Waals surface area contributed by atoms with Crippen molar-refractivity contribution in [3.05, 3.63) is 0 Å². The smallest absolute Gasteiger partial charge is 0.404 e. The van der Waals surface area contributed by atoms with Gasteiger partial charge in [-0.1, -0.05) is 67.0 Å². The number of hydrogen-bond donors (Lipinski definition) is 0. The molecule has 1 heterocycles. The van der Waals surface area contributed by atoms with Crippen molar-refractivity contribution in [3.63, 3.8) is 0 Å². The average Bonchev–Trinajstić information content (AvgIpc) is 2.79. The minimum Gasteiger partial charge on any atom is -0.404 e. The van der Waals surface area contributed by atoms with Crippen molar-refractivity contribution in [2.45, 2.75) is 111 Å². The first-order valence-electron chi connectivity index (χ1n) is 11.2. The minimum absolute atomic E-state index is 0.0593. The topological polar surface area (TPSA) is 21.7 Å². The second kappa shape index (κ2) is 6.69. The zero-order chi connectivity index (χ0) is 20.6. The van der Waals surface area contributed by atoms with Crippen LogP contribution in [0.3, 0.4) is 0 Å². The monoisotopic (exact) mass is 409 g/mol. The summed E-state index contributed by atoms with van der Waals surface area (Å²) in [6.45, 7) is 27.0. The largest absolute Gasteiger partial charge is 0.474 e. The van der Waals surface area contributed by atoms with Crippen LogP contribution in [0.15, 0.2) is 0 Å². The van der Waals surface area contributed by atoms with Crippen LogP contribution in [-0.2, 0) is 9.31 Å². The van der Waals surface area contributed by atoms with E-state index in [1.54, 1.807) is 0 Å². The molecule has 3 saturated carbocycles. The molecule has 1 aliphatic heterocycles. The molecule has 156 valence electrons. The fraction of sp³-hybridized carbons (Fsp3) is 1.00. The molecule has 0 aromatic carbocycles. The van der Waals surface area contributed by atoms with Gasteiger partial charge in [0.25, 0.3) is 0 Å². The van der Waals surface area contributed by atoms with Gasteiger partial charge in [-0.3, -0.25) is 0 Å². The molecule has 5 atom stereocenters. The molecule has 1 saturated heterocycles. The van der Waals surface area contributed by atoms with Gasteiger partial charge in [0.2, 0.25) is 0 Å². The van der Waals surface area contributed by atoms with E-state index in [4.69, 9.17) is 9.31 Å². The molecule has 0 aromatic rings. The minimum atomic E-state index is -1.49. The average molecular weight is 410 g/mol. The van der Waals surface area contributed by atoms with Crippen molar-refractivity contribution in [2.75, 3.05) is 0 Å². The third-order valence-electron chi connectivity index (χ3n) is 7.77. The van der Waals surface area contributed by atoms with Gasteiger partial charge in [-0.2, -0.15) is 0 Å². The lowest BCUT2D eigenvalue weighted by atomic mass is 9.43. The van der Waals surface area contributed by atoms with Gasteiger partial charge in [0, 0.05) is 5.94 Å². The van der Waals surface area contributed by atoms with Crippen LogP contribution in [0.25, 0.3) is 0 Å². The van der Waals surface area contributed by atoms with Crippen LogP contribution >= 0.6 is 0 Å². The lowest BCUT2D eigenvalue weighted by molar-refractivity contribution is -0.199. The second-order valence-electron chi connectivity index (χ2n) is 12.7. The summed E-state index contributed by atoms with van der Waals surface area (Å²) in [7, 11) is -3.04. The summed E-state index contributed by atoms with van der Waals surface area (Å²) in [5.74, 6) is 2.51. The van der Waals surface area contributed by atoms with E-state index in [0.29, 0.717) is 29.3 Å². The summed E-state index contributed by atoms with van der Waals surface area (Å²) in [4.78, 5) is 0. The van der Waals surface area contributed by atoms with Crippen LogP contribution in [0.5, 0.6) is 0 Å². The summed E-state index contributed by atoms with van der Waals surface area (Å²) < 4.78 is 16.7. The summed E-state index contributed by atoms with van der Waals surface area (Å²) in [6.07, 6.45) is 3.97. The molecular formula is C21H44BNO2Si2. The Balaban J connectivity index is 1.91. The molecule has 0 N–H and O–H groups in total. The molecule has 2 bridgehead atoms. The predicted octanol–water partition coefficient (Wildman–Crippen LogP) is 5.64. The first kappa shape index (κ1) is 22.1. The number of nitrogens with zero attached hydrogens (tertiary/aromatic N) is 1. The second-order valence-corrected chi connectivity index (χ2v) is 22.8. The molecule has 4 fully saturated rings. The third-order valence-corrected chi connectivity index (χ3v) is 15.4. The Morgan fingerprint density at radius 3 is 2.00 bits per heavy atom. The molecule has 0 aromatic heterocycles. The quantitative estimate of drug-likeness (QED) is 0.530. The predicted molar refractivity (Wildman–Crippen MR) is 122 cm³/mol. The highest BCUT2D eigenvalue weighted by Gasteiger charge is 2.69. The molecular weight excluding hydrogens is 365 g/mol. The van der Waals surface area contributed by atoms with E-state index in [1.807, 2.05) is 0 Å². The van der Waals surface area contributed by atoms with Gasteiger partial charge in [0.05, 0.1) is 11.7 Å². The Bertz CT molecular complexity index is 558. The van der Waals surface area contributed by atoms with Gasteiger partial charge in [-0.25, -0.2) is 0 Å². The van der Waals surface area contributed by atoms with Gasteiger partial charge in [-0.15, -0.1) is 0 Å². The normalized spacial score (nSPS) is 36.8. The van der Waals surface area contributed by atoms with E-state index < -0.39 is 16.5 Å². The summed E-state index contributed by atoms with van der Waals surface area (Å²) in [5.41, 5.74) is 0.316. The van der Waals surface area contributed by atoms with Crippen molar-refractivity contribution >= 4 is 23.6 Å². The zero-order valence-electron chi connectivity index (χ0n) is 19.8. The lowest BCUT2D eigenvalue weighted by Gasteiger charge is -2.64. The molecule has 6 heteroatoms. The fourth-order valence-electron chi connectivity index (χ4n) is 6.89. The first-order chi connectivity index (χ1) is 12.1. The van der Waals surface area contributed by atoms with Crippen LogP contribution < -0.4 is 0 Å². The molecule has 4 aliphatic rings. The Labute approximate surface area is 171 Å². The maximum absolute atomic E-state index is 6.95. The van der Waals surface area contributed by atoms with E-state index >= 15 is 0 Å². The molecule has 27 heavy (non-hydrogen) atoms. The lowest BCUT2D eigenvalue weighted by Crippen LogP contribution is -2.68. The van der Waals surface area contributed by atoms with Crippen LogP contribution in [0.1, 0.15) is 53.9 Å². The van der Waals surface area contributed by atoms with Crippen LogP contribution in [-0.4, -0.2) is 45.5 Å². The van der Waals surface area contributed by atoms with Gasteiger partial charge < -0.3 is 13.5 Å². The SMILES string of the molecule is CC(C)C[C@@H](B1O[C@@H]2C[C@H]3C[C@H](C3(C)C)[C@]2(C)O1)N([Si](C)(C)C)[Si](C)(C)C. The first-order valence-corrected chi connectivity index (χ1v) is 18.1. The molecule has 0 unspecified atom stereocenters. The van der Waals surface area contributed by atoms with Crippen molar-refractivity contribution in [3.8, 4) is 0 Å². The number of hydrogen-bond acceptors (Lipinski definition) is 3. The van der Waals surface area contributed by atoms with Gasteiger partial charge in [-0.05, 0) is 49.4 Å². The Morgan fingerprint density at radius 2 is 1.56 bits per heavy atom. The maximum atomic E-state index is 6.95. The van der Waals surface area contributed by atoms with E-state index in [2.05, 4.69) is 78.1 Å². The highest BCUT2D eigenvalue weighted by molar-refractivity contribution is 6.90. The van der Waals surface area contributed by atoms with Crippen molar-refractivity contribution in [1.29, 1.82) is 0 Å². The van der Waals surface area contributed by atoms with E-state index in [-0.39, 0.29) is 12.7 Å². The summed E-state index contributed by atoms with van der Waals surface area (Å²) >= 11 is 0. The van der Waals surface area contributed by atoms with E-state index in [0.717, 1.165) is 5.92 Å². The molecule has 0 radical (unpaired) electrons. The standard InChI is InChI=1S/C21H44BNO2Si2/c1-15(2)12-19(23(26(6,7)8)27(9,10)11)22-24-18-14-16-13-17(20(16,3)4)21(18,5)25-22/h15-19H,12-14H2,1-11H3/t16-,17-,18-,19+,21+/m1/s1. The fourth-order valence-corrected chi connectivity index (χ4v) is 17.4. The summed E-state index contributed by atoms with van der Waals surface area (Å²) in [6, 6.07) is 0. The molecule has 0 amide bonds. The van der Waals surface area contributed by atoms with E-state index in [9.17, 15) is 0 Å². The van der Waals surface area contributed by atoms with E-state index in [1.165, 1.54) is 19.3 Å². The van der Waals surface area contributed by atoms with Crippen molar-refractivity contribution in [1.82, 2.24) is 4.23 Å². The van der Waals surface area contributed by atoms with Gasteiger partial charge >= 0.3 is 7.12 Å². The Morgan fingerprint density at radius 1 is 1.00 bits per heavy atom. The molecule has 4 rings (SSSR count). The van der Waals surface area contributed by atoms with Crippen LogP contribution in [0, 0.1) is 23.2 Å². The highest BCUT2D eigenvalue weighted by atomic mass is 28.4. The Hall–Kier alpha value is 0.379. The van der Waals surface area contributed by atoms with Crippen molar-refractivity contribution in [2.24, 2.45) is 23.2 Å².